The number of H-pyrrole nitrogens is 1. The molecular weight excluding hydrogens is 462 g/mol. The number of phenolic OH excluding ortho intramolecular Hbond substituents is 1. The maximum Gasteiger partial charge on any atom is 0.281 e. The van der Waals surface area contributed by atoms with Gasteiger partial charge in [-0.15, -0.1) is 0 Å². The van der Waals surface area contributed by atoms with Gasteiger partial charge in [0.2, 0.25) is 0 Å². The third-order valence-electron chi connectivity index (χ3n) is 5.46. The molecule has 0 aliphatic carbocycles. The molecule has 3 rings (SSSR count). The van der Waals surface area contributed by atoms with E-state index < -0.39 is 22.6 Å². The standard InChI is InChI=1S/C13H14FN3O3.C11H14FNO2/c1-16(2)10(7-18)3-8-6-15-11-4-9(14)5-12(13(8)11)17(19)20;1-13(2)10(7-14)4-8-3-9(12)6-11(15)5-8/h4-7,10,15H,3H2,1-2H3;3,5-7,10,15H,4H2,1-2H3. The molecule has 2 unspecified atom stereocenters. The quantitative estimate of drug-likeness (QED) is 0.269. The number of fused-ring (bicyclic) bond motifs is 1. The largest absolute Gasteiger partial charge is 0.508 e. The van der Waals surface area contributed by atoms with Gasteiger partial charge in [0, 0.05) is 12.3 Å². The van der Waals surface area contributed by atoms with Crippen molar-refractivity contribution in [3.8, 4) is 5.75 Å². The number of nitrogens with zero attached hydrogens (tertiary/aromatic N) is 3. The highest BCUT2D eigenvalue weighted by Gasteiger charge is 2.21. The predicted molar refractivity (Wildman–Crippen MR) is 127 cm³/mol. The zero-order valence-electron chi connectivity index (χ0n) is 19.9. The van der Waals surface area contributed by atoms with Crippen molar-refractivity contribution < 1.29 is 28.4 Å². The van der Waals surface area contributed by atoms with Gasteiger partial charge in [-0.3, -0.25) is 19.9 Å². The number of nitro benzene ring substituents is 1. The molecule has 3 aromatic rings. The second kappa shape index (κ2) is 12.1. The number of halogens is 2. The van der Waals surface area contributed by atoms with Crippen LogP contribution in [0.25, 0.3) is 10.9 Å². The summed E-state index contributed by atoms with van der Waals surface area (Å²) in [5.74, 6) is -1.28. The van der Waals surface area contributed by atoms with Crippen molar-refractivity contribution in [3.63, 3.8) is 0 Å². The molecule has 0 fully saturated rings. The lowest BCUT2D eigenvalue weighted by Gasteiger charge is -2.18. The van der Waals surface area contributed by atoms with E-state index in [-0.39, 0.29) is 17.5 Å². The number of non-ortho nitro benzene ring substituents is 1. The number of carbonyl (C=O) groups is 2. The molecule has 0 amide bonds. The Hall–Kier alpha value is -3.70. The highest BCUT2D eigenvalue weighted by atomic mass is 19.1. The molecular formula is C24H28F2N4O5. The van der Waals surface area contributed by atoms with Crippen molar-refractivity contribution in [3.05, 3.63) is 69.4 Å². The van der Waals surface area contributed by atoms with Gasteiger partial charge >= 0.3 is 0 Å². The number of likely N-dealkylation sites (N-methyl/N-ethyl adjacent to an activating group) is 2. The first kappa shape index (κ1) is 27.5. The molecule has 0 spiro atoms. The summed E-state index contributed by atoms with van der Waals surface area (Å²) in [5.41, 5.74) is 1.30. The number of phenols is 1. The van der Waals surface area contributed by atoms with Gasteiger partial charge in [0.05, 0.1) is 34.0 Å². The minimum atomic E-state index is -0.669. The minimum absolute atomic E-state index is 0.117. The molecule has 0 saturated carbocycles. The molecule has 0 aliphatic heterocycles. The topological polar surface area (TPSA) is 120 Å². The summed E-state index contributed by atoms with van der Waals surface area (Å²) < 4.78 is 26.3. The smallest absolute Gasteiger partial charge is 0.281 e. The van der Waals surface area contributed by atoms with Crippen LogP contribution in [0.5, 0.6) is 5.75 Å². The first-order valence-electron chi connectivity index (χ1n) is 10.6. The maximum absolute atomic E-state index is 13.3. The van der Waals surface area contributed by atoms with Gasteiger partial charge in [0.1, 0.15) is 30.0 Å². The van der Waals surface area contributed by atoms with Crippen molar-refractivity contribution in [2.75, 3.05) is 28.2 Å². The summed E-state index contributed by atoms with van der Waals surface area (Å²) in [4.78, 5) is 38.5. The number of carbonyl (C=O) groups excluding carboxylic acids is 2. The number of aldehydes is 2. The number of aromatic amines is 1. The lowest BCUT2D eigenvalue weighted by Crippen LogP contribution is -2.31. The summed E-state index contributed by atoms with van der Waals surface area (Å²) >= 11 is 0. The van der Waals surface area contributed by atoms with Crippen molar-refractivity contribution in [2.45, 2.75) is 24.9 Å². The van der Waals surface area contributed by atoms with E-state index in [1.165, 1.54) is 18.2 Å². The van der Waals surface area contributed by atoms with E-state index in [4.69, 9.17) is 0 Å². The third-order valence-corrected chi connectivity index (χ3v) is 5.46. The SMILES string of the molecule is CN(C)C(C=O)Cc1c[nH]c2cc(F)cc([N+](=O)[O-])c12.CN(C)C(C=O)Cc1cc(O)cc(F)c1. The van der Waals surface area contributed by atoms with Crippen LogP contribution in [0.15, 0.2) is 36.5 Å². The fraction of sp³-hybridized carbons (Fsp3) is 0.333. The molecule has 1 heterocycles. The van der Waals surface area contributed by atoms with Gasteiger partial charge < -0.3 is 19.7 Å². The van der Waals surface area contributed by atoms with Crippen LogP contribution in [0.4, 0.5) is 14.5 Å². The summed E-state index contributed by atoms with van der Waals surface area (Å²) in [6, 6.07) is 5.23. The first-order valence-corrected chi connectivity index (χ1v) is 10.6. The van der Waals surface area contributed by atoms with Gasteiger partial charge in [0.25, 0.3) is 5.69 Å². The Kier molecular flexibility index (Phi) is 9.55. The zero-order chi connectivity index (χ0) is 26.3. The Morgan fingerprint density at radius 1 is 0.971 bits per heavy atom. The lowest BCUT2D eigenvalue weighted by atomic mass is 10.0. The highest BCUT2D eigenvalue weighted by Crippen LogP contribution is 2.30. The van der Waals surface area contributed by atoms with Crippen LogP contribution >= 0.6 is 0 Å². The first-order chi connectivity index (χ1) is 16.5. The summed E-state index contributed by atoms with van der Waals surface area (Å²) in [6.07, 6.45) is 3.89. The van der Waals surface area contributed by atoms with Gasteiger partial charge in [-0.1, -0.05) is 0 Å². The zero-order valence-corrected chi connectivity index (χ0v) is 19.9. The Morgan fingerprint density at radius 2 is 1.54 bits per heavy atom. The van der Waals surface area contributed by atoms with E-state index in [0.29, 0.717) is 34.9 Å². The molecule has 0 aliphatic rings. The number of nitro groups is 1. The van der Waals surface area contributed by atoms with Crippen LogP contribution in [0.2, 0.25) is 0 Å². The monoisotopic (exact) mass is 490 g/mol. The van der Waals surface area contributed by atoms with E-state index in [0.717, 1.165) is 24.7 Å². The molecule has 9 nitrogen and oxygen atoms in total. The average Bonchev–Trinajstić information content (AvgIpc) is 3.16. The summed E-state index contributed by atoms with van der Waals surface area (Å²) in [6.45, 7) is 0. The molecule has 188 valence electrons. The number of rotatable bonds is 9. The molecule has 0 saturated heterocycles. The van der Waals surface area contributed by atoms with Gasteiger partial charge in [0.15, 0.2) is 0 Å². The molecule has 11 heteroatoms. The van der Waals surface area contributed by atoms with Crippen LogP contribution in [-0.4, -0.2) is 77.7 Å². The normalized spacial score (nSPS) is 12.8. The number of aromatic hydroxyl groups is 1. The molecule has 1 aromatic heterocycles. The fourth-order valence-corrected chi connectivity index (χ4v) is 3.51. The molecule has 0 radical (unpaired) electrons. The van der Waals surface area contributed by atoms with Crippen LogP contribution in [0.3, 0.4) is 0 Å². The van der Waals surface area contributed by atoms with Crippen molar-refractivity contribution >= 4 is 29.2 Å². The number of nitrogens with one attached hydrogen (secondary N) is 1. The van der Waals surface area contributed by atoms with Gasteiger partial charge in [-0.2, -0.15) is 0 Å². The van der Waals surface area contributed by atoms with Crippen molar-refractivity contribution in [1.82, 2.24) is 14.8 Å². The molecule has 2 N–H and O–H groups in total. The molecule has 2 atom stereocenters. The minimum Gasteiger partial charge on any atom is -0.508 e. The Bertz CT molecular complexity index is 1180. The predicted octanol–water partition coefficient (Wildman–Crippen LogP) is 3.09. The van der Waals surface area contributed by atoms with Crippen LogP contribution in [0.1, 0.15) is 11.1 Å². The Labute approximate surface area is 201 Å². The van der Waals surface area contributed by atoms with E-state index in [2.05, 4.69) is 4.98 Å². The molecule has 2 aromatic carbocycles. The van der Waals surface area contributed by atoms with E-state index >= 15 is 0 Å². The average molecular weight is 491 g/mol. The Morgan fingerprint density at radius 3 is 2.06 bits per heavy atom. The second-order valence-electron chi connectivity index (χ2n) is 8.48. The molecule has 0 bridgehead atoms. The molecule has 35 heavy (non-hydrogen) atoms. The Balaban J connectivity index is 0.000000258. The van der Waals surface area contributed by atoms with Crippen LogP contribution in [-0.2, 0) is 22.4 Å². The lowest BCUT2D eigenvalue weighted by molar-refractivity contribution is -0.383. The van der Waals surface area contributed by atoms with Gasteiger partial charge in [-0.05, 0) is 70.4 Å². The number of hydrogen-bond donors (Lipinski definition) is 2. The summed E-state index contributed by atoms with van der Waals surface area (Å²) in [7, 11) is 7.06. The van der Waals surface area contributed by atoms with Crippen LogP contribution in [0, 0.1) is 21.7 Å². The maximum atomic E-state index is 13.3. The fourth-order valence-electron chi connectivity index (χ4n) is 3.51. The van der Waals surface area contributed by atoms with Crippen molar-refractivity contribution in [1.29, 1.82) is 0 Å². The number of aromatic nitrogens is 1. The highest BCUT2D eigenvalue weighted by molar-refractivity contribution is 5.92. The van der Waals surface area contributed by atoms with E-state index in [1.54, 1.807) is 44.2 Å². The van der Waals surface area contributed by atoms with E-state index in [1.807, 2.05) is 0 Å². The summed E-state index contributed by atoms with van der Waals surface area (Å²) in [5, 5.41) is 20.6. The van der Waals surface area contributed by atoms with Crippen LogP contribution < -0.4 is 0 Å². The number of hydrogen-bond acceptors (Lipinski definition) is 7. The van der Waals surface area contributed by atoms with Crippen molar-refractivity contribution in [2.24, 2.45) is 0 Å². The van der Waals surface area contributed by atoms with Gasteiger partial charge in [-0.25, -0.2) is 8.78 Å². The van der Waals surface area contributed by atoms with E-state index in [9.17, 15) is 33.6 Å². The third kappa shape index (κ3) is 7.39. The second-order valence-corrected chi connectivity index (χ2v) is 8.48. The number of benzene rings is 2.